The molecule has 5 nitrogen and oxygen atoms in total. The summed E-state index contributed by atoms with van der Waals surface area (Å²) in [4.78, 5) is 21.5. The predicted octanol–water partition coefficient (Wildman–Crippen LogP) is 4.27. The summed E-state index contributed by atoms with van der Waals surface area (Å²) >= 11 is 1.42. The molecule has 3 aromatic rings. The Morgan fingerprint density at radius 3 is 2.73 bits per heavy atom. The van der Waals surface area contributed by atoms with Crippen molar-refractivity contribution in [2.24, 2.45) is 0 Å². The Kier molecular flexibility index (Phi) is 5.58. The molecule has 0 spiro atoms. The maximum Gasteiger partial charge on any atom is 0.263 e. The van der Waals surface area contributed by atoms with E-state index in [1.165, 1.54) is 35.6 Å². The van der Waals surface area contributed by atoms with E-state index in [1.54, 1.807) is 18.3 Å². The second kappa shape index (κ2) is 8.05. The van der Waals surface area contributed by atoms with Gasteiger partial charge < -0.3 is 10.1 Å². The Morgan fingerprint density at radius 2 is 2.04 bits per heavy atom. The Morgan fingerprint density at radius 1 is 1.27 bits per heavy atom. The molecule has 2 heterocycles. The van der Waals surface area contributed by atoms with Crippen molar-refractivity contribution in [1.29, 1.82) is 0 Å². The topological polar surface area (TPSA) is 64.1 Å². The lowest BCUT2D eigenvalue weighted by Gasteiger charge is -2.08. The van der Waals surface area contributed by atoms with Crippen molar-refractivity contribution >= 4 is 17.2 Å². The largest absolute Gasteiger partial charge is 0.439 e. The van der Waals surface area contributed by atoms with Crippen LogP contribution >= 0.6 is 11.3 Å². The highest BCUT2D eigenvalue weighted by Crippen LogP contribution is 2.21. The monoisotopic (exact) mass is 371 g/mol. The number of benzene rings is 1. The van der Waals surface area contributed by atoms with E-state index in [9.17, 15) is 9.18 Å². The van der Waals surface area contributed by atoms with E-state index in [4.69, 9.17) is 4.74 Å². The molecule has 26 heavy (non-hydrogen) atoms. The van der Waals surface area contributed by atoms with Crippen molar-refractivity contribution in [3.05, 3.63) is 69.6 Å². The number of aromatic nitrogens is 2. The van der Waals surface area contributed by atoms with Crippen molar-refractivity contribution in [2.75, 3.05) is 0 Å². The fraction of sp³-hybridized carbons (Fsp3) is 0.211. The van der Waals surface area contributed by atoms with E-state index in [0.717, 1.165) is 22.7 Å². The van der Waals surface area contributed by atoms with Crippen LogP contribution in [0.3, 0.4) is 0 Å². The number of nitrogens with zero attached hydrogens (tertiary/aromatic N) is 2. The van der Waals surface area contributed by atoms with Crippen LogP contribution in [0.15, 0.2) is 42.6 Å². The number of thiazole rings is 1. The molecule has 134 valence electrons. The first-order valence-electron chi connectivity index (χ1n) is 8.18. The highest BCUT2D eigenvalue weighted by molar-refractivity contribution is 7.13. The number of pyridine rings is 1. The molecule has 0 aliphatic rings. The predicted molar refractivity (Wildman–Crippen MR) is 98.1 cm³/mol. The number of halogens is 1. The molecule has 0 aliphatic heterocycles. The van der Waals surface area contributed by atoms with Gasteiger partial charge in [0.15, 0.2) is 0 Å². The van der Waals surface area contributed by atoms with Crippen LogP contribution in [0.25, 0.3) is 0 Å². The van der Waals surface area contributed by atoms with Crippen LogP contribution in [-0.4, -0.2) is 15.9 Å². The summed E-state index contributed by atoms with van der Waals surface area (Å²) in [5, 5.41) is 3.84. The molecule has 3 rings (SSSR count). The maximum absolute atomic E-state index is 12.9. The molecule has 0 bridgehead atoms. The number of hydrogen-bond acceptors (Lipinski definition) is 5. The fourth-order valence-electron chi connectivity index (χ4n) is 2.32. The number of rotatable bonds is 6. The van der Waals surface area contributed by atoms with E-state index >= 15 is 0 Å². The second-order valence-electron chi connectivity index (χ2n) is 5.62. The minimum Gasteiger partial charge on any atom is -0.439 e. The van der Waals surface area contributed by atoms with E-state index in [2.05, 4.69) is 15.3 Å². The molecule has 0 unspecified atom stereocenters. The summed E-state index contributed by atoms with van der Waals surface area (Å²) < 4.78 is 18.5. The Hall–Kier alpha value is -2.80. The van der Waals surface area contributed by atoms with E-state index in [1.807, 2.05) is 13.8 Å². The molecule has 0 aliphatic carbocycles. The van der Waals surface area contributed by atoms with Gasteiger partial charge in [0.25, 0.3) is 5.91 Å². The first-order valence-corrected chi connectivity index (χ1v) is 8.99. The van der Waals surface area contributed by atoms with Crippen molar-refractivity contribution in [3.8, 4) is 11.6 Å². The molecule has 2 aromatic heterocycles. The van der Waals surface area contributed by atoms with Gasteiger partial charge in [-0.05, 0) is 49.2 Å². The average Bonchev–Trinajstić information content (AvgIpc) is 3.03. The summed E-state index contributed by atoms with van der Waals surface area (Å²) in [5.74, 6) is 0.405. The number of carbonyl (C=O) groups excluding carboxylic acids is 1. The molecule has 1 aromatic carbocycles. The minimum atomic E-state index is -0.327. The van der Waals surface area contributed by atoms with Crippen molar-refractivity contribution in [2.45, 2.75) is 26.8 Å². The van der Waals surface area contributed by atoms with E-state index < -0.39 is 0 Å². The number of hydrogen-bond donors (Lipinski definition) is 1. The summed E-state index contributed by atoms with van der Waals surface area (Å²) in [6.07, 6.45) is 2.42. The van der Waals surface area contributed by atoms with Crippen LogP contribution in [-0.2, 0) is 13.0 Å². The molecule has 0 atom stereocenters. The van der Waals surface area contributed by atoms with Crippen LogP contribution in [0, 0.1) is 12.7 Å². The molecule has 0 saturated carbocycles. The highest BCUT2D eigenvalue weighted by atomic mass is 32.1. The summed E-state index contributed by atoms with van der Waals surface area (Å²) in [7, 11) is 0. The van der Waals surface area contributed by atoms with Gasteiger partial charge in [-0.3, -0.25) is 4.79 Å². The third-order valence-electron chi connectivity index (χ3n) is 3.64. The summed E-state index contributed by atoms with van der Waals surface area (Å²) in [6, 6.07) is 9.24. The van der Waals surface area contributed by atoms with Gasteiger partial charge in [-0.15, -0.1) is 11.3 Å². The van der Waals surface area contributed by atoms with Crippen molar-refractivity contribution in [3.63, 3.8) is 0 Å². The van der Waals surface area contributed by atoms with Gasteiger partial charge in [-0.1, -0.05) is 6.92 Å². The number of amides is 1. The summed E-state index contributed by atoms with van der Waals surface area (Å²) in [5.41, 5.74) is 1.60. The number of aryl methyl sites for hydroxylation is 2. The zero-order valence-electron chi connectivity index (χ0n) is 14.5. The van der Waals surface area contributed by atoms with Gasteiger partial charge >= 0.3 is 0 Å². The van der Waals surface area contributed by atoms with Crippen LogP contribution < -0.4 is 10.1 Å². The normalized spacial score (nSPS) is 10.6. The molecule has 0 saturated heterocycles. The SMILES string of the molecule is CCc1nc(C)c(C(=O)NCc2ccnc(Oc3ccc(F)cc3)c2)s1. The Bertz CT molecular complexity index is 909. The lowest BCUT2D eigenvalue weighted by Crippen LogP contribution is -2.22. The van der Waals surface area contributed by atoms with Crippen LogP contribution in [0.2, 0.25) is 0 Å². The molecule has 7 heteroatoms. The minimum absolute atomic E-state index is 0.141. The molecule has 1 N–H and O–H groups in total. The Labute approximate surface area is 154 Å². The van der Waals surface area contributed by atoms with Crippen LogP contribution in [0.4, 0.5) is 4.39 Å². The number of ether oxygens (including phenoxy) is 1. The molecule has 1 amide bonds. The summed E-state index contributed by atoms with van der Waals surface area (Å²) in [6.45, 7) is 4.20. The standard InChI is InChI=1S/C19H18FN3O2S/c1-3-17-23-12(2)18(26-17)19(24)22-11-13-8-9-21-16(10-13)25-15-6-4-14(20)5-7-15/h4-10H,3,11H2,1-2H3,(H,22,24). The molecular weight excluding hydrogens is 353 g/mol. The smallest absolute Gasteiger partial charge is 0.263 e. The zero-order chi connectivity index (χ0) is 18.5. The fourth-order valence-corrected chi connectivity index (χ4v) is 3.24. The van der Waals surface area contributed by atoms with Gasteiger partial charge in [-0.25, -0.2) is 14.4 Å². The van der Waals surface area contributed by atoms with Gasteiger partial charge in [0.05, 0.1) is 10.7 Å². The maximum atomic E-state index is 12.9. The van der Waals surface area contributed by atoms with Crippen molar-refractivity contribution in [1.82, 2.24) is 15.3 Å². The van der Waals surface area contributed by atoms with Crippen LogP contribution in [0.1, 0.15) is 32.9 Å². The third-order valence-corrected chi connectivity index (χ3v) is 4.94. The quantitative estimate of drug-likeness (QED) is 0.703. The third kappa shape index (κ3) is 4.43. The van der Waals surface area contributed by atoms with Gasteiger partial charge in [0, 0.05) is 18.8 Å². The highest BCUT2D eigenvalue weighted by Gasteiger charge is 2.14. The molecule has 0 fully saturated rings. The average molecular weight is 371 g/mol. The molecular formula is C19H18FN3O2S. The van der Waals surface area contributed by atoms with Gasteiger partial charge in [0.2, 0.25) is 5.88 Å². The first kappa shape index (κ1) is 18.0. The van der Waals surface area contributed by atoms with Gasteiger partial charge in [0.1, 0.15) is 16.4 Å². The number of nitrogens with one attached hydrogen (secondary N) is 1. The van der Waals surface area contributed by atoms with Crippen LogP contribution in [0.5, 0.6) is 11.6 Å². The Balaban J connectivity index is 1.64. The van der Waals surface area contributed by atoms with E-state index in [-0.39, 0.29) is 11.7 Å². The lowest BCUT2D eigenvalue weighted by molar-refractivity contribution is 0.0954. The first-order chi connectivity index (χ1) is 12.5. The van der Waals surface area contributed by atoms with E-state index in [0.29, 0.717) is 23.1 Å². The second-order valence-corrected chi connectivity index (χ2v) is 6.70. The van der Waals surface area contributed by atoms with Gasteiger partial charge in [-0.2, -0.15) is 0 Å². The van der Waals surface area contributed by atoms with Crippen molar-refractivity contribution < 1.29 is 13.9 Å². The lowest BCUT2D eigenvalue weighted by atomic mass is 10.2. The number of carbonyl (C=O) groups is 1. The zero-order valence-corrected chi connectivity index (χ0v) is 15.3. The molecule has 0 radical (unpaired) electrons.